The van der Waals surface area contributed by atoms with Gasteiger partial charge in [0.1, 0.15) is 5.75 Å². The summed E-state index contributed by atoms with van der Waals surface area (Å²) >= 11 is 0. The Labute approximate surface area is 92.8 Å². The third-order valence-corrected chi connectivity index (χ3v) is 2.55. The molecule has 0 aromatic heterocycles. The van der Waals surface area contributed by atoms with Crippen molar-refractivity contribution < 1.29 is 4.74 Å². The van der Waals surface area contributed by atoms with Crippen LogP contribution in [0.4, 0.5) is 0 Å². The molecule has 15 heavy (non-hydrogen) atoms. The van der Waals surface area contributed by atoms with E-state index in [2.05, 4.69) is 38.1 Å². The van der Waals surface area contributed by atoms with Gasteiger partial charge in [0.15, 0.2) is 0 Å². The van der Waals surface area contributed by atoms with Crippen LogP contribution in [0.3, 0.4) is 0 Å². The molecule has 0 heterocycles. The monoisotopic (exact) mass is 204 g/mol. The highest BCUT2D eigenvalue weighted by molar-refractivity contribution is 5.30. The summed E-state index contributed by atoms with van der Waals surface area (Å²) in [5.41, 5.74) is 1.34. The average molecular weight is 204 g/mol. The Hall–Kier alpha value is -1.24. The van der Waals surface area contributed by atoms with Gasteiger partial charge in [0.25, 0.3) is 0 Å². The summed E-state index contributed by atoms with van der Waals surface area (Å²) < 4.78 is 5.21. The molecule has 0 spiro atoms. The predicted molar refractivity (Wildman–Crippen MR) is 65.5 cm³/mol. The molecule has 0 aliphatic heterocycles. The number of methoxy groups -OCH3 is 1. The van der Waals surface area contributed by atoms with Crippen molar-refractivity contribution in [1.82, 2.24) is 0 Å². The Kier molecular flexibility index (Phi) is 4.96. The normalized spacial score (nSPS) is 13.0. The van der Waals surface area contributed by atoms with Crippen molar-refractivity contribution in [1.29, 1.82) is 0 Å². The van der Waals surface area contributed by atoms with Crippen molar-refractivity contribution in [3.8, 4) is 5.75 Å². The van der Waals surface area contributed by atoms with Crippen LogP contribution in [0, 0.1) is 0 Å². The second-order valence-corrected chi connectivity index (χ2v) is 3.79. The predicted octanol–water partition coefficient (Wildman–Crippen LogP) is 4.16. The summed E-state index contributed by atoms with van der Waals surface area (Å²) in [4.78, 5) is 0. The van der Waals surface area contributed by atoms with Crippen LogP contribution in [0.5, 0.6) is 5.75 Å². The topological polar surface area (TPSA) is 9.23 Å². The standard InChI is InChI=1S/C14H20O/c1-4-5-6-8-12(2)13-9-7-10-14(11-13)15-3/h5-7,9-12H,4,8H2,1-3H3/b6-5-. The molecule has 1 aromatic rings. The molecule has 0 bridgehead atoms. The number of hydrogen-bond donors (Lipinski definition) is 0. The zero-order chi connectivity index (χ0) is 11.1. The molecule has 0 radical (unpaired) electrons. The van der Waals surface area contributed by atoms with Gasteiger partial charge in [0.05, 0.1) is 7.11 Å². The molecule has 0 saturated carbocycles. The maximum atomic E-state index is 5.21. The van der Waals surface area contributed by atoms with Gasteiger partial charge in [-0.3, -0.25) is 0 Å². The van der Waals surface area contributed by atoms with Crippen LogP contribution in [0.25, 0.3) is 0 Å². The van der Waals surface area contributed by atoms with Crippen LogP contribution < -0.4 is 4.74 Å². The number of rotatable bonds is 5. The van der Waals surface area contributed by atoms with Crippen LogP contribution in [0.1, 0.15) is 38.2 Å². The lowest BCUT2D eigenvalue weighted by Crippen LogP contribution is -1.92. The molecule has 0 aliphatic rings. The molecule has 1 heteroatoms. The Bertz CT molecular complexity index is 315. The van der Waals surface area contributed by atoms with Gasteiger partial charge in [-0.2, -0.15) is 0 Å². The average Bonchev–Trinajstić information content (AvgIpc) is 2.29. The summed E-state index contributed by atoms with van der Waals surface area (Å²) in [6.45, 7) is 4.40. The summed E-state index contributed by atoms with van der Waals surface area (Å²) in [6.07, 6.45) is 6.69. The molecule has 1 nitrogen and oxygen atoms in total. The van der Waals surface area contributed by atoms with Gasteiger partial charge in [0.2, 0.25) is 0 Å². The van der Waals surface area contributed by atoms with Crippen molar-refractivity contribution >= 4 is 0 Å². The third-order valence-electron chi connectivity index (χ3n) is 2.55. The fraction of sp³-hybridized carbons (Fsp3) is 0.429. The van der Waals surface area contributed by atoms with E-state index in [-0.39, 0.29) is 0 Å². The highest BCUT2D eigenvalue weighted by Gasteiger charge is 2.03. The second-order valence-electron chi connectivity index (χ2n) is 3.79. The molecule has 0 aliphatic carbocycles. The summed E-state index contributed by atoms with van der Waals surface area (Å²) in [5, 5.41) is 0. The summed E-state index contributed by atoms with van der Waals surface area (Å²) in [5.74, 6) is 1.50. The van der Waals surface area contributed by atoms with Crippen LogP contribution >= 0.6 is 0 Å². The van der Waals surface area contributed by atoms with Gasteiger partial charge in [0, 0.05) is 0 Å². The number of hydrogen-bond acceptors (Lipinski definition) is 1. The lowest BCUT2D eigenvalue weighted by atomic mass is 9.97. The number of benzene rings is 1. The Morgan fingerprint density at radius 3 is 2.80 bits per heavy atom. The van der Waals surface area contributed by atoms with Gasteiger partial charge >= 0.3 is 0 Å². The summed E-state index contributed by atoms with van der Waals surface area (Å²) in [6, 6.07) is 8.31. The first-order valence-electron chi connectivity index (χ1n) is 5.56. The molecule has 1 rings (SSSR count). The van der Waals surface area contributed by atoms with Gasteiger partial charge in [-0.25, -0.2) is 0 Å². The molecule has 0 amide bonds. The third kappa shape index (κ3) is 3.78. The maximum Gasteiger partial charge on any atom is 0.119 e. The van der Waals surface area contributed by atoms with Crippen molar-refractivity contribution in [2.24, 2.45) is 0 Å². The number of ether oxygens (including phenoxy) is 1. The molecule has 0 fully saturated rings. The van der Waals surface area contributed by atoms with E-state index in [1.165, 1.54) is 5.56 Å². The van der Waals surface area contributed by atoms with E-state index in [1.54, 1.807) is 7.11 Å². The first-order valence-corrected chi connectivity index (χ1v) is 5.56. The van der Waals surface area contributed by atoms with E-state index in [9.17, 15) is 0 Å². The second kappa shape index (κ2) is 6.28. The van der Waals surface area contributed by atoms with Crippen molar-refractivity contribution in [2.45, 2.75) is 32.6 Å². The Morgan fingerprint density at radius 1 is 1.33 bits per heavy atom. The van der Waals surface area contributed by atoms with Crippen molar-refractivity contribution in [2.75, 3.05) is 7.11 Å². The van der Waals surface area contributed by atoms with E-state index < -0.39 is 0 Å². The van der Waals surface area contributed by atoms with E-state index in [0.717, 1.165) is 18.6 Å². The van der Waals surface area contributed by atoms with E-state index in [4.69, 9.17) is 4.74 Å². The van der Waals surface area contributed by atoms with Gasteiger partial charge in [-0.15, -0.1) is 0 Å². The highest BCUT2D eigenvalue weighted by atomic mass is 16.5. The van der Waals surface area contributed by atoms with Crippen LogP contribution in [0.15, 0.2) is 36.4 Å². The first kappa shape index (κ1) is 11.8. The minimum Gasteiger partial charge on any atom is -0.497 e. The van der Waals surface area contributed by atoms with E-state index in [0.29, 0.717) is 5.92 Å². The molecule has 82 valence electrons. The van der Waals surface area contributed by atoms with E-state index >= 15 is 0 Å². The fourth-order valence-corrected chi connectivity index (χ4v) is 1.55. The van der Waals surface area contributed by atoms with E-state index in [1.807, 2.05) is 12.1 Å². The fourth-order valence-electron chi connectivity index (χ4n) is 1.55. The van der Waals surface area contributed by atoms with Crippen LogP contribution in [0.2, 0.25) is 0 Å². The Balaban J connectivity index is 2.64. The lowest BCUT2D eigenvalue weighted by molar-refractivity contribution is 0.414. The number of allylic oxidation sites excluding steroid dienone is 2. The van der Waals surface area contributed by atoms with Gasteiger partial charge in [-0.1, -0.05) is 38.1 Å². The molecule has 1 atom stereocenters. The van der Waals surface area contributed by atoms with Gasteiger partial charge < -0.3 is 4.74 Å². The van der Waals surface area contributed by atoms with Crippen molar-refractivity contribution in [3.63, 3.8) is 0 Å². The first-order chi connectivity index (χ1) is 7.27. The zero-order valence-electron chi connectivity index (χ0n) is 9.86. The quantitative estimate of drug-likeness (QED) is 0.654. The highest BCUT2D eigenvalue weighted by Crippen LogP contribution is 2.23. The van der Waals surface area contributed by atoms with Gasteiger partial charge in [-0.05, 0) is 36.5 Å². The summed E-state index contributed by atoms with van der Waals surface area (Å²) in [7, 11) is 1.71. The molecule has 0 N–H and O–H groups in total. The van der Waals surface area contributed by atoms with Crippen molar-refractivity contribution in [3.05, 3.63) is 42.0 Å². The molecular formula is C14H20O. The zero-order valence-corrected chi connectivity index (χ0v) is 9.86. The van der Waals surface area contributed by atoms with Crippen LogP contribution in [-0.2, 0) is 0 Å². The largest absolute Gasteiger partial charge is 0.497 e. The minimum atomic E-state index is 0.558. The minimum absolute atomic E-state index is 0.558. The smallest absolute Gasteiger partial charge is 0.119 e. The maximum absolute atomic E-state index is 5.21. The molecule has 1 aromatic carbocycles. The van der Waals surface area contributed by atoms with Crippen LogP contribution in [-0.4, -0.2) is 7.11 Å². The molecule has 1 unspecified atom stereocenters. The molecular weight excluding hydrogens is 184 g/mol. The lowest BCUT2D eigenvalue weighted by Gasteiger charge is -2.10. The Morgan fingerprint density at radius 2 is 2.13 bits per heavy atom. The SMILES string of the molecule is CC/C=C\CC(C)c1cccc(OC)c1. The molecule has 0 saturated heterocycles.